The maximum Gasteiger partial charge on any atom is 0.119 e. The highest BCUT2D eigenvalue weighted by atomic mass is 32.2. The van der Waals surface area contributed by atoms with Crippen LogP contribution in [0.2, 0.25) is 0 Å². The molecule has 1 aromatic carbocycles. The highest BCUT2D eigenvalue weighted by Crippen LogP contribution is 2.34. The van der Waals surface area contributed by atoms with E-state index < -0.39 is 0 Å². The first-order valence-electron chi connectivity index (χ1n) is 5.70. The van der Waals surface area contributed by atoms with Crippen molar-refractivity contribution in [1.29, 1.82) is 0 Å². The summed E-state index contributed by atoms with van der Waals surface area (Å²) in [4.78, 5) is 0. The van der Waals surface area contributed by atoms with Crippen molar-refractivity contribution in [3.63, 3.8) is 0 Å². The highest BCUT2D eigenvalue weighted by Gasteiger charge is 2.24. The standard InChI is InChI=1S/C13H19NOS/c1-9-7-11(15-2)3-4-12(9)13(14)10-5-6-16-8-10/h3-4,7,10,13H,5-6,8,14H2,1-2H3. The summed E-state index contributed by atoms with van der Waals surface area (Å²) in [5.41, 5.74) is 8.85. The van der Waals surface area contributed by atoms with Gasteiger partial charge in [0.2, 0.25) is 0 Å². The van der Waals surface area contributed by atoms with Crippen molar-refractivity contribution in [2.75, 3.05) is 18.6 Å². The van der Waals surface area contributed by atoms with E-state index in [0.29, 0.717) is 5.92 Å². The lowest BCUT2D eigenvalue weighted by atomic mass is 9.90. The molecule has 0 saturated carbocycles. The van der Waals surface area contributed by atoms with Crippen molar-refractivity contribution >= 4 is 11.8 Å². The molecule has 0 radical (unpaired) electrons. The van der Waals surface area contributed by atoms with E-state index in [1.807, 2.05) is 17.8 Å². The van der Waals surface area contributed by atoms with Crippen molar-refractivity contribution in [2.24, 2.45) is 11.7 Å². The molecule has 0 spiro atoms. The van der Waals surface area contributed by atoms with Crippen LogP contribution in [0.5, 0.6) is 5.75 Å². The second kappa shape index (κ2) is 5.11. The van der Waals surface area contributed by atoms with Gasteiger partial charge >= 0.3 is 0 Å². The number of methoxy groups -OCH3 is 1. The van der Waals surface area contributed by atoms with Crippen LogP contribution in [0.3, 0.4) is 0 Å². The number of benzene rings is 1. The van der Waals surface area contributed by atoms with Crippen LogP contribution < -0.4 is 10.5 Å². The Hall–Kier alpha value is -0.670. The van der Waals surface area contributed by atoms with Crippen molar-refractivity contribution in [3.8, 4) is 5.75 Å². The summed E-state index contributed by atoms with van der Waals surface area (Å²) in [7, 11) is 1.70. The summed E-state index contributed by atoms with van der Waals surface area (Å²) < 4.78 is 5.21. The molecule has 0 amide bonds. The minimum atomic E-state index is 0.181. The van der Waals surface area contributed by atoms with Crippen LogP contribution in [-0.4, -0.2) is 18.6 Å². The Bertz CT molecular complexity index is 361. The Morgan fingerprint density at radius 3 is 2.88 bits per heavy atom. The van der Waals surface area contributed by atoms with Crippen molar-refractivity contribution < 1.29 is 4.74 Å². The maximum absolute atomic E-state index is 6.34. The van der Waals surface area contributed by atoms with E-state index in [0.717, 1.165) is 5.75 Å². The van der Waals surface area contributed by atoms with Gasteiger partial charge in [0.05, 0.1) is 7.11 Å². The van der Waals surface area contributed by atoms with E-state index in [4.69, 9.17) is 10.5 Å². The summed E-state index contributed by atoms with van der Waals surface area (Å²) in [6, 6.07) is 6.37. The minimum absolute atomic E-state index is 0.181. The summed E-state index contributed by atoms with van der Waals surface area (Å²) in [5.74, 6) is 4.01. The number of aryl methyl sites for hydroxylation is 1. The van der Waals surface area contributed by atoms with Crippen LogP contribution in [0.15, 0.2) is 18.2 Å². The number of thioether (sulfide) groups is 1. The van der Waals surface area contributed by atoms with Gasteiger partial charge in [-0.25, -0.2) is 0 Å². The number of hydrogen-bond acceptors (Lipinski definition) is 3. The SMILES string of the molecule is COc1ccc(C(N)C2CCSC2)c(C)c1. The molecular weight excluding hydrogens is 218 g/mol. The maximum atomic E-state index is 6.34. The van der Waals surface area contributed by atoms with E-state index in [1.165, 1.54) is 29.1 Å². The molecule has 1 fully saturated rings. The molecule has 0 aliphatic carbocycles. The molecule has 0 bridgehead atoms. The third kappa shape index (κ3) is 2.36. The van der Waals surface area contributed by atoms with Gasteiger partial charge < -0.3 is 10.5 Å². The molecule has 2 nitrogen and oxygen atoms in total. The Morgan fingerprint density at radius 2 is 2.31 bits per heavy atom. The van der Waals surface area contributed by atoms with Crippen molar-refractivity contribution in [1.82, 2.24) is 0 Å². The molecule has 1 aromatic rings. The van der Waals surface area contributed by atoms with Crippen LogP contribution in [0.25, 0.3) is 0 Å². The van der Waals surface area contributed by atoms with Gasteiger partial charge in [-0.15, -0.1) is 0 Å². The Kier molecular flexibility index (Phi) is 3.77. The zero-order chi connectivity index (χ0) is 11.5. The molecule has 2 atom stereocenters. The van der Waals surface area contributed by atoms with Crippen molar-refractivity contribution in [3.05, 3.63) is 29.3 Å². The molecule has 3 heteroatoms. The molecule has 88 valence electrons. The topological polar surface area (TPSA) is 35.2 Å². The van der Waals surface area contributed by atoms with Gasteiger partial charge in [-0.2, -0.15) is 11.8 Å². The van der Waals surface area contributed by atoms with E-state index in [-0.39, 0.29) is 6.04 Å². The predicted molar refractivity (Wildman–Crippen MR) is 70.1 cm³/mol. The highest BCUT2D eigenvalue weighted by molar-refractivity contribution is 7.99. The van der Waals surface area contributed by atoms with Gasteiger partial charge in [-0.05, 0) is 54.0 Å². The van der Waals surface area contributed by atoms with Crippen LogP contribution in [-0.2, 0) is 0 Å². The Labute approximate surface area is 102 Å². The summed E-state index contributed by atoms with van der Waals surface area (Å²) in [5, 5.41) is 0. The Balaban J connectivity index is 2.19. The van der Waals surface area contributed by atoms with Gasteiger partial charge in [0.15, 0.2) is 0 Å². The molecule has 2 N–H and O–H groups in total. The van der Waals surface area contributed by atoms with Gasteiger partial charge in [0.1, 0.15) is 5.75 Å². The fourth-order valence-electron chi connectivity index (χ4n) is 2.24. The lowest BCUT2D eigenvalue weighted by Crippen LogP contribution is -2.22. The lowest BCUT2D eigenvalue weighted by molar-refractivity contribution is 0.413. The zero-order valence-electron chi connectivity index (χ0n) is 9.90. The molecule has 2 rings (SSSR count). The fraction of sp³-hybridized carbons (Fsp3) is 0.538. The molecule has 2 unspecified atom stereocenters. The molecule has 1 aliphatic rings. The first-order valence-corrected chi connectivity index (χ1v) is 6.85. The quantitative estimate of drug-likeness (QED) is 0.878. The van der Waals surface area contributed by atoms with Crippen molar-refractivity contribution in [2.45, 2.75) is 19.4 Å². The molecule has 1 heterocycles. The largest absolute Gasteiger partial charge is 0.497 e. The average Bonchev–Trinajstić information content (AvgIpc) is 2.81. The first-order chi connectivity index (χ1) is 7.72. The van der Waals surface area contributed by atoms with Gasteiger partial charge in [-0.1, -0.05) is 6.07 Å². The smallest absolute Gasteiger partial charge is 0.119 e. The normalized spacial score (nSPS) is 22.1. The molecular formula is C13H19NOS. The van der Waals surface area contributed by atoms with Gasteiger partial charge in [0, 0.05) is 6.04 Å². The average molecular weight is 237 g/mol. The van der Waals surface area contributed by atoms with Gasteiger partial charge in [0.25, 0.3) is 0 Å². The molecule has 1 saturated heterocycles. The minimum Gasteiger partial charge on any atom is -0.497 e. The summed E-state index contributed by atoms with van der Waals surface area (Å²) in [6.07, 6.45) is 1.25. The van der Waals surface area contributed by atoms with E-state index in [2.05, 4.69) is 19.1 Å². The van der Waals surface area contributed by atoms with Crippen LogP contribution in [0.1, 0.15) is 23.6 Å². The fourth-order valence-corrected chi connectivity index (χ4v) is 3.55. The summed E-state index contributed by atoms with van der Waals surface area (Å²) in [6.45, 7) is 2.11. The third-order valence-electron chi connectivity index (χ3n) is 3.31. The van der Waals surface area contributed by atoms with E-state index in [9.17, 15) is 0 Å². The van der Waals surface area contributed by atoms with E-state index in [1.54, 1.807) is 7.11 Å². The number of hydrogen-bond donors (Lipinski definition) is 1. The lowest BCUT2D eigenvalue weighted by Gasteiger charge is -2.21. The van der Waals surface area contributed by atoms with E-state index >= 15 is 0 Å². The van der Waals surface area contributed by atoms with Gasteiger partial charge in [-0.3, -0.25) is 0 Å². The number of rotatable bonds is 3. The molecule has 16 heavy (non-hydrogen) atoms. The third-order valence-corrected chi connectivity index (χ3v) is 4.50. The zero-order valence-corrected chi connectivity index (χ0v) is 10.7. The number of nitrogens with two attached hydrogens (primary N) is 1. The first kappa shape index (κ1) is 11.8. The molecule has 1 aliphatic heterocycles. The molecule has 0 aromatic heterocycles. The van der Waals surface area contributed by atoms with Crippen LogP contribution >= 0.6 is 11.8 Å². The number of ether oxygens (including phenoxy) is 1. The predicted octanol–water partition coefficient (Wildman–Crippen LogP) is 2.76. The monoisotopic (exact) mass is 237 g/mol. The second-order valence-electron chi connectivity index (χ2n) is 4.37. The second-order valence-corrected chi connectivity index (χ2v) is 5.52. The Morgan fingerprint density at radius 1 is 1.50 bits per heavy atom. The van der Waals surface area contributed by atoms with Crippen LogP contribution in [0.4, 0.5) is 0 Å². The van der Waals surface area contributed by atoms with Crippen LogP contribution in [0, 0.1) is 12.8 Å². The summed E-state index contributed by atoms with van der Waals surface area (Å²) >= 11 is 2.01.